The molecule has 5 heteroatoms. The van der Waals surface area contributed by atoms with Crippen LogP contribution in [-0.2, 0) is 9.53 Å². The van der Waals surface area contributed by atoms with Crippen LogP contribution in [-0.4, -0.2) is 30.3 Å². The van der Waals surface area contributed by atoms with Gasteiger partial charge in [-0.05, 0) is 50.1 Å². The summed E-state index contributed by atoms with van der Waals surface area (Å²) in [5.41, 5.74) is 3.04. The fraction of sp³-hybridized carbons (Fsp3) is 0.250. The normalized spacial score (nSPS) is 11.5. The third-order valence-corrected chi connectivity index (χ3v) is 3.90. The monoisotopic (exact) mass is 339 g/mol. The Morgan fingerprint density at radius 3 is 2.28 bits per heavy atom. The lowest BCUT2D eigenvalue weighted by atomic mass is 10.0. The van der Waals surface area contributed by atoms with Crippen molar-refractivity contribution in [1.29, 1.82) is 0 Å². The second kappa shape index (κ2) is 8.24. The molecule has 0 aliphatic heterocycles. The molecule has 0 fully saturated rings. The smallest absolute Gasteiger partial charge is 0.326 e. The summed E-state index contributed by atoms with van der Waals surface area (Å²) in [6.07, 6.45) is -0.914. The van der Waals surface area contributed by atoms with E-state index in [-0.39, 0.29) is 18.2 Å². The number of carbonyl (C=O) groups is 3. The van der Waals surface area contributed by atoms with Gasteiger partial charge in [0.25, 0.3) is 5.91 Å². The molecular formula is C20H21NO4. The Labute approximate surface area is 147 Å². The predicted octanol–water partition coefficient (Wildman–Crippen LogP) is 2.85. The van der Waals surface area contributed by atoms with Gasteiger partial charge < -0.3 is 10.1 Å². The lowest BCUT2D eigenvalue weighted by Crippen LogP contribution is -2.34. The van der Waals surface area contributed by atoms with Crippen molar-refractivity contribution in [2.24, 2.45) is 0 Å². The number of nitrogens with one attached hydrogen (secondary N) is 1. The average Bonchev–Trinajstić information content (AvgIpc) is 2.62. The van der Waals surface area contributed by atoms with Crippen molar-refractivity contribution in [1.82, 2.24) is 5.32 Å². The van der Waals surface area contributed by atoms with E-state index in [4.69, 9.17) is 4.74 Å². The number of ketones is 1. The molecule has 0 aliphatic carbocycles. The van der Waals surface area contributed by atoms with E-state index in [0.29, 0.717) is 11.1 Å². The Morgan fingerprint density at radius 2 is 1.64 bits per heavy atom. The molecular weight excluding hydrogens is 318 g/mol. The van der Waals surface area contributed by atoms with Crippen molar-refractivity contribution < 1.29 is 19.1 Å². The number of hydrogen-bond acceptors (Lipinski definition) is 4. The highest BCUT2D eigenvalue weighted by Gasteiger charge is 2.20. The molecule has 25 heavy (non-hydrogen) atoms. The van der Waals surface area contributed by atoms with Gasteiger partial charge in [0, 0.05) is 11.1 Å². The Bertz CT molecular complexity index is 784. The van der Waals surface area contributed by atoms with E-state index in [1.165, 1.54) is 6.92 Å². The van der Waals surface area contributed by atoms with Crippen LogP contribution in [0.4, 0.5) is 0 Å². The molecule has 0 radical (unpaired) electrons. The molecule has 0 unspecified atom stereocenters. The van der Waals surface area contributed by atoms with Crippen LogP contribution >= 0.6 is 0 Å². The summed E-state index contributed by atoms with van der Waals surface area (Å²) in [5.74, 6) is -1.30. The van der Waals surface area contributed by atoms with Crippen LogP contribution < -0.4 is 5.32 Å². The van der Waals surface area contributed by atoms with Crippen LogP contribution in [0.2, 0.25) is 0 Å². The molecule has 5 nitrogen and oxygen atoms in total. The maximum Gasteiger partial charge on any atom is 0.326 e. The summed E-state index contributed by atoms with van der Waals surface area (Å²) in [4.78, 5) is 36.1. The van der Waals surface area contributed by atoms with Gasteiger partial charge in [0.05, 0.1) is 0 Å². The zero-order valence-electron chi connectivity index (χ0n) is 14.5. The van der Waals surface area contributed by atoms with E-state index < -0.39 is 12.1 Å². The number of esters is 1. The van der Waals surface area contributed by atoms with E-state index in [9.17, 15) is 14.4 Å². The number of rotatable bonds is 6. The number of carbonyl (C=O) groups excluding carboxylic acids is 3. The lowest BCUT2D eigenvalue weighted by Gasteiger charge is -2.13. The van der Waals surface area contributed by atoms with E-state index in [0.717, 1.165) is 11.1 Å². The minimum absolute atomic E-state index is 0.272. The molecule has 0 saturated heterocycles. The van der Waals surface area contributed by atoms with Crippen molar-refractivity contribution in [2.75, 3.05) is 6.54 Å². The maximum absolute atomic E-state index is 12.3. The molecule has 1 amide bonds. The number of amides is 1. The van der Waals surface area contributed by atoms with Crippen LogP contribution in [0.15, 0.2) is 48.5 Å². The van der Waals surface area contributed by atoms with Gasteiger partial charge in [-0.1, -0.05) is 30.3 Å². The summed E-state index contributed by atoms with van der Waals surface area (Å²) in [5, 5.41) is 2.47. The second-order valence-electron chi connectivity index (χ2n) is 5.84. The molecule has 0 saturated carbocycles. The van der Waals surface area contributed by atoms with Crippen LogP contribution in [0, 0.1) is 13.8 Å². The molecule has 2 aromatic carbocycles. The average molecular weight is 339 g/mol. The zero-order valence-corrected chi connectivity index (χ0v) is 14.5. The summed E-state index contributed by atoms with van der Waals surface area (Å²) >= 11 is 0. The van der Waals surface area contributed by atoms with E-state index in [1.807, 2.05) is 19.9 Å². The van der Waals surface area contributed by atoms with Crippen LogP contribution in [0.5, 0.6) is 0 Å². The number of benzene rings is 2. The minimum atomic E-state index is -0.914. The topological polar surface area (TPSA) is 72.5 Å². The predicted molar refractivity (Wildman–Crippen MR) is 94.6 cm³/mol. The molecule has 1 atom stereocenters. The molecule has 0 spiro atoms. The number of Topliss-reactive ketones (excluding diaryl/α,β-unsaturated/α-hetero) is 1. The van der Waals surface area contributed by atoms with Crippen LogP contribution in [0.3, 0.4) is 0 Å². The minimum Gasteiger partial charge on any atom is -0.453 e. The molecule has 0 aliphatic rings. The summed E-state index contributed by atoms with van der Waals surface area (Å²) in [6, 6.07) is 13.9. The highest BCUT2D eigenvalue weighted by Crippen LogP contribution is 2.13. The Morgan fingerprint density at radius 1 is 0.960 bits per heavy atom. The molecule has 2 rings (SSSR count). The first-order valence-corrected chi connectivity index (χ1v) is 8.02. The standard InChI is InChI=1S/C20H21NO4/c1-13-9-10-17(11-14(13)2)19(23)15(3)25-18(22)12-21-20(24)16-7-5-4-6-8-16/h4-11,15H,12H2,1-3H3,(H,21,24)/t15-/m0/s1. The largest absolute Gasteiger partial charge is 0.453 e. The molecule has 0 bridgehead atoms. The van der Waals surface area contributed by atoms with Crippen molar-refractivity contribution >= 4 is 17.7 Å². The van der Waals surface area contributed by atoms with Gasteiger partial charge in [-0.25, -0.2) is 0 Å². The van der Waals surface area contributed by atoms with Gasteiger partial charge in [0.15, 0.2) is 6.10 Å². The summed E-state index contributed by atoms with van der Waals surface area (Å²) < 4.78 is 5.12. The fourth-order valence-electron chi connectivity index (χ4n) is 2.27. The highest BCUT2D eigenvalue weighted by molar-refractivity contribution is 6.00. The summed E-state index contributed by atoms with van der Waals surface area (Å²) in [6.45, 7) is 5.11. The second-order valence-corrected chi connectivity index (χ2v) is 5.84. The van der Waals surface area contributed by atoms with Crippen molar-refractivity contribution in [2.45, 2.75) is 26.9 Å². The molecule has 0 heterocycles. The van der Waals surface area contributed by atoms with Gasteiger partial charge in [-0.2, -0.15) is 0 Å². The third kappa shape index (κ3) is 5.01. The van der Waals surface area contributed by atoms with Gasteiger partial charge in [0.1, 0.15) is 6.54 Å². The zero-order chi connectivity index (χ0) is 18.4. The highest BCUT2D eigenvalue weighted by atomic mass is 16.5. The lowest BCUT2D eigenvalue weighted by molar-refractivity contribution is -0.145. The first-order chi connectivity index (χ1) is 11.9. The number of ether oxygens (including phenoxy) is 1. The first-order valence-electron chi connectivity index (χ1n) is 8.02. The van der Waals surface area contributed by atoms with Gasteiger partial charge in [0.2, 0.25) is 5.78 Å². The van der Waals surface area contributed by atoms with Crippen LogP contribution in [0.1, 0.15) is 38.8 Å². The molecule has 0 aromatic heterocycles. The molecule has 130 valence electrons. The molecule has 1 N–H and O–H groups in total. The van der Waals surface area contributed by atoms with Crippen molar-refractivity contribution in [3.05, 3.63) is 70.8 Å². The Hall–Kier alpha value is -2.95. The van der Waals surface area contributed by atoms with Gasteiger partial charge >= 0.3 is 5.97 Å². The quantitative estimate of drug-likeness (QED) is 0.649. The van der Waals surface area contributed by atoms with Gasteiger partial charge in [-0.3, -0.25) is 14.4 Å². The van der Waals surface area contributed by atoms with E-state index >= 15 is 0 Å². The van der Waals surface area contributed by atoms with E-state index in [2.05, 4.69) is 5.32 Å². The van der Waals surface area contributed by atoms with Crippen molar-refractivity contribution in [3.8, 4) is 0 Å². The maximum atomic E-state index is 12.3. The number of aryl methyl sites for hydroxylation is 2. The Kier molecular flexibility index (Phi) is 6.06. The number of hydrogen-bond donors (Lipinski definition) is 1. The Balaban J connectivity index is 1.88. The third-order valence-electron chi connectivity index (χ3n) is 3.90. The van der Waals surface area contributed by atoms with Gasteiger partial charge in [-0.15, -0.1) is 0 Å². The van der Waals surface area contributed by atoms with Crippen molar-refractivity contribution in [3.63, 3.8) is 0 Å². The fourth-order valence-corrected chi connectivity index (χ4v) is 2.27. The van der Waals surface area contributed by atoms with E-state index in [1.54, 1.807) is 42.5 Å². The molecule has 2 aromatic rings. The van der Waals surface area contributed by atoms with Crippen LogP contribution in [0.25, 0.3) is 0 Å². The SMILES string of the molecule is Cc1ccc(C(=O)[C@H](C)OC(=O)CNC(=O)c2ccccc2)cc1C. The summed E-state index contributed by atoms with van der Waals surface area (Å²) in [7, 11) is 0. The first kappa shape index (κ1) is 18.4.